The summed E-state index contributed by atoms with van der Waals surface area (Å²) < 4.78 is 32.3. The fourth-order valence-electron chi connectivity index (χ4n) is 1.85. The number of aryl methyl sites for hydroxylation is 1. The number of unbranched alkanes of at least 4 members (excludes halogenated alkanes) is 1. The van der Waals surface area contributed by atoms with Crippen molar-refractivity contribution in [3.05, 3.63) is 29.3 Å². The second-order valence-electron chi connectivity index (χ2n) is 5.12. The van der Waals surface area contributed by atoms with E-state index in [9.17, 15) is 8.42 Å². The maximum atomic E-state index is 12.2. The summed E-state index contributed by atoms with van der Waals surface area (Å²) in [6.07, 6.45) is 1.73. The lowest BCUT2D eigenvalue weighted by molar-refractivity contribution is 0.0762. The van der Waals surface area contributed by atoms with Crippen molar-refractivity contribution in [3.8, 4) is 6.07 Å². The summed E-state index contributed by atoms with van der Waals surface area (Å²) in [6.45, 7) is 6.64. The Balaban J connectivity index is 2.53. The van der Waals surface area contributed by atoms with Crippen molar-refractivity contribution in [2.45, 2.75) is 44.6 Å². The van der Waals surface area contributed by atoms with Gasteiger partial charge in [0, 0.05) is 13.2 Å². The van der Waals surface area contributed by atoms with Gasteiger partial charge in [0.25, 0.3) is 0 Å². The van der Waals surface area contributed by atoms with Crippen LogP contribution >= 0.6 is 0 Å². The molecule has 0 bridgehead atoms. The highest BCUT2D eigenvalue weighted by molar-refractivity contribution is 7.89. The van der Waals surface area contributed by atoms with E-state index in [1.54, 1.807) is 13.0 Å². The number of benzene rings is 1. The number of sulfonamides is 1. The Labute approximate surface area is 127 Å². The maximum absolute atomic E-state index is 12.2. The Morgan fingerprint density at radius 3 is 2.62 bits per heavy atom. The first kappa shape index (κ1) is 17.6. The largest absolute Gasteiger partial charge is 0.379 e. The molecule has 0 saturated heterocycles. The first-order valence-electron chi connectivity index (χ1n) is 6.99. The van der Waals surface area contributed by atoms with E-state index in [1.165, 1.54) is 12.1 Å². The van der Waals surface area contributed by atoms with Crippen molar-refractivity contribution in [2.24, 2.45) is 0 Å². The van der Waals surface area contributed by atoms with Crippen LogP contribution in [0.4, 0.5) is 0 Å². The molecule has 0 radical (unpaired) electrons. The van der Waals surface area contributed by atoms with E-state index in [2.05, 4.69) is 4.72 Å². The van der Waals surface area contributed by atoms with Crippen LogP contribution in [0.2, 0.25) is 0 Å². The number of rotatable bonds is 8. The van der Waals surface area contributed by atoms with Gasteiger partial charge in [-0.15, -0.1) is 0 Å². The summed E-state index contributed by atoms with van der Waals surface area (Å²) >= 11 is 0. The lowest BCUT2D eigenvalue weighted by Crippen LogP contribution is -2.25. The third-order valence-corrected chi connectivity index (χ3v) is 4.53. The van der Waals surface area contributed by atoms with Gasteiger partial charge in [0.2, 0.25) is 10.0 Å². The normalized spacial score (nSPS) is 11.6. The molecular formula is C15H22N2O3S. The zero-order valence-corrected chi connectivity index (χ0v) is 13.5. The van der Waals surface area contributed by atoms with Gasteiger partial charge in [-0.05, 0) is 57.4 Å². The molecule has 0 atom stereocenters. The molecule has 21 heavy (non-hydrogen) atoms. The van der Waals surface area contributed by atoms with Gasteiger partial charge in [0.1, 0.15) is 0 Å². The Kier molecular flexibility index (Phi) is 6.82. The molecule has 1 rings (SSSR count). The van der Waals surface area contributed by atoms with E-state index in [0.717, 1.165) is 12.8 Å². The average Bonchev–Trinajstić information content (AvgIpc) is 2.41. The van der Waals surface area contributed by atoms with E-state index in [-0.39, 0.29) is 11.0 Å². The predicted molar refractivity (Wildman–Crippen MR) is 81.4 cm³/mol. The molecule has 0 aromatic heterocycles. The molecule has 0 aliphatic heterocycles. The molecule has 0 fully saturated rings. The predicted octanol–water partition coefficient (Wildman–Crippen LogP) is 2.35. The standard InChI is InChI=1S/C15H22N2O3S/c1-12(2)20-9-5-4-8-17-21(18,19)15-7-6-14(11-16)10-13(15)3/h6-7,10,12,17H,4-5,8-9H2,1-3H3. The number of nitrogens with one attached hydrogen (secondary N) is 1. The van der Waals surface area contributed by atoms with Gasteiger partial charge in [-0.25, -0.2) is 13.1 Å². The van der Waals surface area contributed by atoms with Crippen molar-refractivity contribution in [3.63, 3.8) is 0 Å². The van der Waals surface area contributed by atoms with Gasteiger partial charge >= 0.3 is 0 Å². The maximum Gasteiger partial charge on any atom is 0.240 e. The number of hydrogen-bond acceptors (Lipinski definition) is 4. The summed E-state index contributed by atoms with van der Waals surface area (Å²) in [4.78, 5) is 0.222. The first-order chi connectivity index (χ1) is 9.86. The molecule has 0 saturated carbocycles. The number of nitrogens with zero attached hydrogens (tertiary/aromatic N) is 1. The lowest BCUT2D eigenvalue weighted by Gasteiger charge is -2.10. The molecule has 0 heterocycles. The second kappa shape index (κ2) is 8.13. The third-order valence-electron chi connectivity index (χ3n) is 2.91. The fraction of sp³-hybridized carbons (Fsp3) is 0.533. The Morgan fingerprint density at radius 1 is 1.33 bits per heavy atom. The summed E-state index contributed by atoms with van der Waals surface area (Å²) in [6, 6.07) is 6.55. The number of ether oxygens (including phenoxy) is 1. The smallest absolute Gasteiger partial charge is 0.240 e. The van der Waals surface area contributed by atoms with Crippen molar-refractivity contribution in [2.75, 3.05) is 13.2 Å². The molecule has 0 amide bonds. The summed E-state index contributed by atoms with van der Waals surface area (Å²) in [5.74, 6) is 0. The lowest BCUT2D eigenvalue weighted by atomic mass is 10.2. The Hall–Kier alpha value is -1.42. The first-order valence-corrected chi connectivity index (χ1v) is 8.47. The highest BCUT2D eigenvalue weighted by Gasteiger charge is 2.16. The van der Waals surface area contributed by atoms with E-state index in [0.29, 0.717) is 24.3 Å². The zero-order valence-electron chi connectivity index (χ0n) is 12.7. The summed E-state index contributed by atoms with van der Waals surface area (Å²) in [5.41, 5.74) is 1.03. The average molecular weight is 310 g/mol. The summed E-state index contributed by atoms with van der Waals surface area (Å²) in [7, 11) is -3.52. The van der Waals surface area contributed by atoms with E-state index < -0.39 is 10.0 Å². The SMILES string of the molecule is Cc1cc(C#N)ccc1S(=O)(=O)NCCCCOC(C)C. The van der Waals surface area contributed by atoms with Crippen molar-refractivity contribution in [1.29, 1.82) is 5.26 Å². The van der Waals surface area contributed by atoms with Crippen LogP contribution < -0.4 is 4.72 Å². The van der Waals surface area contributed by atoms with Crippen LogP contribution in [0.3, 0.4) is 0 Å². The highest BCUT2D eigenvalue weighted by Crippen LogP contribution is 2.16. The van der Waals surface area contributed by atoms with Gasteiger partial charge in [-0.3, -0.25) is 0 Å². The number of hydrogen-bond donors (Lipinski definition) is 1. The van der Waals surface area contributed by atoms with Crippen LogP contribution in [0.1, 0.15) is 37.8 Å². The third kappa shape index (κ3) is 5.84. The van der Waals surface area contributed by atoms with Gasteiger partial charge in [-0.2, -0.15) is 5.26 Å². The van der Waals surface area contributed by atoms with Crippen LogP contribution in [0.15, 0.2) is 23.1 Å². The molecule has 0 spiro atoms. The minimum Gasteiger partial charge on any atom is -0.379 e. The molecule has 116 valence electrons. The van der Waals surface area contributed by atoms with Crippen molar-refractivity contribution >= 4 is 10.0 Å². The molecule has 1 N–H and O–H groups in total. The Bertz CT molecular complexity index is 604. The minimum atomic E-state index is -3.52. The van der Waals surface area contributed by atoms with E-state index >= 15 is 0 Å². The molecule has 1 aromatic carbocycles. The fourth-order valence-corrected chi connectivity index (χ4v) is 3.15. The Morgan fingerprint density at radius 2 is 2.05 bits per heavy atom. The van der Waals surface area contributed by atoms with Gasteiger partial charge in [-0.1, -0.05) is 0 Å². The van der Waals surface area contributed by atoms with Crippen LogP contribution in [0.5, 0.6) is 0 Å². The van der Waals surface area contributed by atoms with Crippen LogP contribution in [0, 0.1) is 18.3 Å². The molecule has 1 aromatic rings. The van der Waals surface area contributed by atoms with Crippen LogP contribution in [-0.4, -0.2) is 27.7 Å². The van der Waals surface area contributed by atoms with Crippen molar-refractivity contribution < 1.29 is 13.2 Å². The van der Waals surface area contributed by atoms with Gasteiger partial charge < -0.3 is 4.74 Å². The van der Waals surface area contributed by atoms with Crippen LogP contribution in [-0.2, 0) is 14.8 Å². The van der Waals surface area contributed by atoms with Crippen LogP contribution in [0.25, 0.3) is 0 Å². The number of nitriles is 1. The van der Waals surface area contributed by atoms with Crippen molar-refractivity contribution in [1.82, 2.24) is 4.72 Å². The van der Waals surface area contributed by atoms with Gasteiger partial charge in [0.15, 0.2) is 0 Å². The summed E-state index contributed by atoms with van der Waals surface area (Å²) in [5, 5.41) is 8.79. The zero-order chi connectivity index (χ0) is 15.9. The highest BCUT2D eigenvalue weighted by atomic mass is 32.2. The minimum absolute atomic E-state index is 0.197. The molecular weight excluding hydrogens is 288 g/mol. The van der Waals surface area contributed by atoms with E-state index in [4.69, 9.17) is 10.00 Å². The molecule has 0 aliphatic carbocycles. The van der Waals surface area contributed by atoms with E-state index in [1.807, 2.05) is 19.9 Å². The molecule has 0 unspecified atom stereocenters. The molecule has 0 aliphatic rings. The monoisotopic (exact) mass is 310 g/mol. The van der Waals surface area contributed by atoms with Gasteiger partial charge in [0.05, 0.1) is 22.6 Å². The molecule has 6 heteroatoms. The quantitative estimate of drug-likeness (QED) is 0.748. The topological polar surface area (TPSA) is 79.2 Å². The molecule has 5 nitrogen and oxygen atoms in total. The second-order valence-corrected chi connectivity index (χ2v) is 6.85.